The van der Waals surface area contributed by atoms with Crippen LogP contribution in [0, 0.1) is 0 Å². The van der Waals surface area contributed by atoms with Crippen LogP contribution < -0.4 is 5.32 Å². The molecule has 0 aliphatic carbocycles. The molecule has 3 N–H and O–H groups in total. The molecule has 19 heavy (non-hydrogen) atoms. The van der Waals surface area contributed by atoms with E-state index in [0.29, 0.717) is 0 Å². The maximum absolute atomic E-state index is 12.0. The van der Waals surface area contributed by atoms with Gasteiger partial charge in [-0.3, -0.25) is 4.79 Å². The fraction of sp³-hybridized carbons (Fsp3) is 0. The molecule has 4 nitrogen and oxygen atoms in total. The summed E-state index contributed by atoms with van der Waals surface area (Å²) in [5, 5.41) is 22.0. The van der Waals surface area contributed by atoms with Crippen molar-refractivity contribution in [3.05, 3.63) is 52.0 Å². The lowest BCUT2D eigenvalue weighted by atomic mass is 10.1. The number of hydrogen-bond donors (Lipinski definition) is 3. The van der Waals surface area contributed by atoms with Crippen molar-refractivity contribution in [3.63, 3.8) is 0 Å². The molecule has 2 rings (SSSR count). The second-order valence-electron chi connectivity index (χ2n) is 3.72. The van der Waals surface area contributed by atoms with Gasteiger partial charge in [-0.2, -0.15) is 0 Å². The van der Waals surface area contributed by atoms with E-state index in [1.54, 1.807) is 18.2 Å². The summed E-state index contributed by atoms with van der Waals surface area (Å²) in [7, 11) is 0. The first-order valence-electron chi connectivity index (χ1n) is 5.27. The van der Waals surface area contributed by atoms with Crippen LogP contribution in [0.3, 0.4) is 0 Å². The van der Waals surface area contributed by atoms with E-state index in [4.69, 9.17) is 23.2 Å². The lowest BCUT2D eigenvalue weighted by Crippen LogP contribution is -2.12. The van der Waals surface area contributed by atoms with Crippen molar-refractivity contribution in [2.45, 2.75) is 0 Å². The average molecular weight is 298 g/mol. The number of phenols is 2. The molecule has 2 aromatic rings. The van der Waals surface area contributed by atoms with E-state index in [0.717, 1.165) is 0 Å². The largest absolute Gasteiger partial charge is 0.504 e. The van der Waals surface area contributed by atoms with Gasteiger partial charge in [0.1, 0.15) is 0 Å². The number of anilines is 1. The quantitative estimate of drug-likeness (QED) is 0.741. The van der Waals surface area contributed by atoms with Gasteiger partial charge in [0, 0.05) is 0 Å². The van der Waals surface area contributed by atoms with Crippen LogP contribution in [0.5, 0.6) is 11.5 Å². The Morgan fingerprint density at radius 1 is 1.00 bits per heavy atom. The first kappa shape index (κ1) is 13.5. The number of carbonyl (C=O) groups is 1. The zero-order valence-corrected chi connectivity index (χ0v) is 11.0. The summed E-state index contributed by atoms with van der Waals surface area (Å²) in [5.74, 6) is -1.50. The molecule has 0 saturated carbocycles. The monoisotopic (exact) mass is 297 g/mol. The van der Waals surface area contributed by atoms with Crippen molar-refractivity contribution in [2.75, 3.05) is 5.32 Å². The molecule has 0 radical (unpaired) electrons. The Balaban J connectivity index is 2.34. The van der Waals surface area contributed by atoms with Gasteiger partial charge in [0.2, 0.25) is 0 Å². The van der Waals surface area contributed by atoms with Crippen LogP contribution >= 0.6 is 23.2 Å². The summed E-state index contributed by atoms with van der Waals surface area (Å²) in [6.07, 6.45) is 0. The van der Waals surface area contributed by atoms with Crippen LogP contribution in [-0.2, 0) is 0 Å². The third-order valence-electron chi connectivity index (χ3n) is 2.46. The van der Waals surface area contributed by atoms with Gasteiger partial charge in [-0.25, -0.2) is 0 Å². The Labute approximate surface area is 119 Å². The van der Waals surface area contributed by atoms with Gasteiger partial charge >= 0.3 is 0 Å². The van der Waals surface area contributed by atoms with Crippen molar-refractivity contribution in [1.29, 1.82) is 0 Å². The SMILES string of the molecule is O=C(Nc1c(Cl)cccc1Cl)c1cccc(O)c1O. The van der Waals surface area contributed by atoms with E-state index in [-0.39, 0.29) is 27.0 Å². The van der Waals surface area contributed by atoms with Crippen molar-refractivity contribution in [2.24, 2.45) is 0 Å². The first-order chi connectivity index (χ1) is 9.00. The second-order valence-corrected chi connectivity index (χ2v) is 4.54. The van der Waals surface area contributed by atoms with Gasteiger partial charge in [0.05, 0.1) is 21.3 Å². The van der Waals surface area contributed by atoms with Crippen LogP contribution in [0.25, 0.3) is 0 Å². The molecular weight excluding hydrogens is 289 g/mol. The maximum atomic E-state index is 12.0. The van der Waals surface area contributed by atoms with Gasteiger partial charge in [0.15, 0.2) is 11.5 Å². The van der Waals surface area contributed by atoms with Gasteiger partial charge in [0.25, 0.3) is 5.91 Å². The number of carbonyl (C=O) groups excluding carboxylic acids is 1. The second kappa shape index (κ2) is 5.38. The van der Waals surface area contributed by atoms with Crippen molar-refractivity contribution >= 4 is 34.8 Å². The molecule has 98 valence electrons. The molecule has 2 aromatic carbocycles. The Bertz CT molecular complexity index is 624. The predicted octanol–water partition coefficient (Wildman–Crippen LogP) is 3.66. The molecule has 0 unspecified atom stereocenters. The highest BCUT2D eigenvalue weighted by atomic mass is 35.5. The fourth-order valence-electron chi connectivity index (χ4n) is 1.51. The summed E-state index contributed by atoms with van der Waals surface area (Å²) in [5.41, 5.74) is 0.176. The topological polar surface area (TPSA) is 69.6 Å². The number of nitrogens with one attached hydrogen (secondary N) is 1. The smallest absolute Gasteiger partial charge is 0.259 e. The highest BCUT2D eigenvalue weighted by Gasteiger charge is 2.16. The molecule has 0 spiro atoms. The third-order valence-corrected chi connectivity index (χ3v) is 3.09. The molecule has 6 heteroatoms. The van der Waals surface area contributed by atoms with E-state index in [1.165, 1.54) is 18.2 Å². The zero-order chi connectivity index (χ0) is 14.0. The number of halogens is 2. The molecule has 0 heterocycles. The van der Waals surface area contributed by atoms with Crippen LogP contribution in [0.1, 0.15) is 10.4 Å². The molecule has 0 bridgehead atoms. The minimum absolute atomic E-state index is 0.0732. The number of amides is 1. The third kappa shape index (κ3) is 2.75. The van der Waals surface area contributed by atoms with Crippen molar-refractivity contribution < 1.29 is 15.0 Å². The Kier molecular flexibility index (Phi) is 3.83. The summed E-state index contributed by atoms with van der Waals surface area (Å²) in [6.45, 7) is 0. The average Bonchev–Trinajstić information content (AvgIpc) is 2.37. The van der Waals surface area contributed by atoms with E-state index in [1.807, 2.05) is 0 Å². The summed E-state index contributed by atoms with van der Waals surface area (Å²) >= 11 is 11.8. The van der Waals surface area contributed by atoms with E-state index in [2.05, 4.69) is 5.32 Å². The van der Waals surface area contributed by atoms with E-state index in [9.17, 15) is 15.0 Å². The maximum Gasteiger partial charge on any atom is 0.259 e. The van der Waals surface area contributed by atoms with Crippen LogP contribution in [0.15, 0.2) is 36.4 Å². The highest BCUT2D eigenvalue weighted by molar-refractivity contribution is 6.40. The first-order valence-corrected chi connectivity index (χ1v) is 6.02. The molecule has 0 atom stereocenters. The zero-order valence-electron chi connectivity index (χ0n) is 9.52. The van der Waals surface area contributed by atoms with E-state index >= 15 is 0 Å². The molecule has 0 aliphatic heterocycles. The van der Waals surface area contributed by atoms with Gasteiger partial charge < -0.3 is 15.5 Å². The Hall–Kier alpha value is -1.91. The number of hydrogen-bond acceptors (Lipinski definition) is 3. The molecular formula is C13H9Cl2NO3. The van der Waals surface area contributed by atoms with Crippen LogP contribution in [-0.4, -0.2) is 16.1 Å². The lowest BCUT2D eigenvalue weighted by Gasteiger charge is -2.10. The van der Waals surface area contributed by atoms with Crippen LogP contribution in [0.4, 0.5) is 5.69 Å². The molecule has 0 aromatic heterocycles. The van der Waals surface area contributed by atoms with Crippen LogP contribution in [0.2, 0.25) is 10.0 Å². The number of rotatable bonds is 2. The minimum Gasteiger partial charge on any atom is -0.504 e. The number of aromatic hydroxyl groups is 2. The molecule has 0 saturated heterocycles. The van der Waals surface area contributed by atoms with Gasteiger partial charge in [-0.1, -0.05) is 35.3 Å². The Morgan fingerprint density at radius 2 is 1.58 bits per heavy atom. The standard InChI is InChI=1S/C13H9Cl2NO3/c14-8-4-2-5-9(15)11(8)16-13(19)7-3-1-6-10(17)12(7)18/h1-6,17-18H,(H,16,19). The number of phenolic OH excluding ortho intramolecular Hbond substituents is 2. The molecule has 1 amide bonds. The summed E-state index contributed by atoms with van der Waals surface area (Å²) in [4.78, 5) is 12.0. The number of para-hydroxylation sites is 2. The predicted molar refractivity (Wildman–Crippen MR) is 74.2 cm³/mol. The molecule has 0 aliphatic rings. The number of benzene rings is 2. The summed E-state index contributed by atoms with van der Waals surface area (Å²) in [6, 6.07) is 8.88. The highest BCUT2D eigenvalue weighted by Crippen LogP contribution is 2.32. The molecule has 0 fully saturated rings. The Morgan fingerprint density at radius 3 is 2.21 bits per heavy atom. The fourth-order valence-corrected chi connectivity index (χ4v) is 2.00. The lowest BCUT2D eigenvalue weighted by molar-refractivity contribution is 0.102. The van der Waals surface area contributed by atoms with Crippen molar-refractivity contribution in [1.82, 2.24) is 0 Å². The summed E-state index contributed by atoms with van der Waals surface area (Å²) < 4.78 is 0. The van der Waals surface area contributed by atoms with Gasteiger partial charge in [-0.15, -0.1) is 0 Å². The minimum atomic E-state index is -0.622. The van der Waals surface area contributed by atoms with E-state index < -0.39 is 11.7 Å². The van der Waals surface area contributed by atoms with Gasteiger partial charge in [-0.05, 0) is 24.3 Å². The van der Waals surface area contributed by atoms with Crippen molar-refractivity contribution in [3.8, 4) is 11.5 Å². The normalized spacial score (nSPS) is 10.2.